The first kappa shape index (κ1) is 22.0. The first-order chi connectivity index (χ1) is 17.6. The minimum Gasteiger partial charge on any atom is -0.454 e. The van der Waals surface area contributed by atoms with E-state index in [0.717, 1.165) is 35.9 Å². The third kappa shape index (κ3) is 3.88. The van der Waals surface area contributed by atoms with Gasteiger partial charge in [-0.05, 0) is 41.8 Å². The van der Waals surface area contributed by atoms with Crippen molar-refractivity contribution in [1.29, 1.82) is 0 Å². The number of nitrogens with zero attached hydrogens (tertiary/aromatic N) is 3. The van der Waals surface area contributed by atoms with Gasteiger partial charge in [-0.1, -0.05) is 36.4 Å². The maximum atomic E-state index is 13.6. The molecule has 0 unspecified atom stereocenters. The minimum atomic E-state index is -0.686. The van der Waals surface area contributed by atoms with Gasteiger partial charge < -0.3 is 14.2 Å². The minimum absolute atomic E-state index is 0.144. The molecule has 0 spiro atoms. The van der Waals surface area contributed by atoms with Crippen molar-refractivity contribution in [3.05, 3.63) is 72.1 Å². The molecule has 0 saturated heterocycles. The van der Waals surface area contributed by atoms with E-state index in [2.05, 4.69) is 5.32 Å². The van der Waals surface area contributed by atoms with Crippen molar-refractivity contribution in [3.63, 3.8) is 0 Å². The highest BCUT2D eigenvalue weighted by Crippen LogP contribution is 2.36. The molecular weight excluding hydrogens is 460 g/mol. The Hall–Kier alpha value is -4.53. The number of rotatable bonds is 4. The SMILES string of the molecule is CN(C(=O)c1cccc2ccccc12)c1nc2n(c1OC(=O)Nc1ccc3c(c1)OCO3)CCCC2. The van der Waals surface area contributed by atoms with E-state index in [1.807, 2.05) is 41.0 Å². The van der Waals surface area contributed by atoms with Crippen molar-refractivity contribution in [3.8, 4) is 17.4 Å². The molecule has 0 aliphatic carbocycles. The van der Waals surface area contributed by atoms with Crippen LogP contribution in [-0.4, -0.2) is 35.4 Å². The quantitative estimate of drug-likeness (QED) is 0.439. The number of ether oxygens (including phenoxy) is 3. The van der Waals surface area contributed by atoms with Gasteiger partial charge in [-0.2, -0.15) is 0 Å². The highest BCUT2D eigenvalue weighted by Gasteiger charge is 2.29. The number of nitrogens with one attached hydrogen (secondary N) is 1. The van der Waals surface area contributed by atoms with Crippen molar-refractivity contribution < 1.29 is 23.8 Å². The molecule has 2 aliphatic heterocycles. The van der Waals surface area contributed by atoms with Gasteiger partial charge in [0.1, 0.15) is 5.82 Å². The standard InChI is InChI=1S/C27H24N4O5/c1-30(25(32)20-10-6-8-17-7-2-3-9-19(17)20)24-26(31-14-5-4-11-23(31)29-24)36-27(33)28-18-12-13-21-22(15-18)35-16-34-21/h2-3,6-10,12-13,15H,4-5,11,14,16H2,1H3,(H,28,33). The maximum Gasteiger partial charge on any atom is 0.418 e. The summed E-state index contributed by atoms with van der Waals surface area (Å²) in [6.45, 7) is 0.802. The predicted molar refractivity (Wildman–Crippen MR) is 134 cm³/mol. The van der Waals surface area contributed by atoms with Crippen molar-refractivity contribution >= 4 is 34.3 Å². The monoisotopic (exact) mass is 484 g/mol. The summed E-state index contributed by atoms with van der Waals surface area (Å²) < 4.78 is 18.4. The van der Waals surface area contributed by atoms with Gasteiger partial charge in [0.15, 0.2) is 17.3 Å². The number of hydrogen-bond acceptors (Lipinski definition) is 6. The van der Waals surface area contributed by atoms with E-state index in [9.17, 15) is 9.59 Å². The summed E-state index contributed by atoms with van der Waals surface area (Å²) in [4.78, 5) is 32.7. The van der Waals surface area contributed by atoms with Crippen molar-refractivity contribution in [2.75, 3.05) is 24.1 Å². The fourth-order valence-corrected chi connectivity index (χ4v) is 4.66. The van der Waals surface area contributed by atoms with Crippen LogP contribution in [0.4, 0.5) is 16.3 Å². The van der Waals surface area contributed by atoms with Gasteiger partial charge in [-0.25, -0.2) is 9.78 Å². The van der Waals surface area contributed by atoms with Gasteiger partial charge in [0.25, 0.3) is 5.91 Å². The number of aryl methyl sites for hydroxylation is 1. The highest BCUT2D eigenvalue weighted by atomic mass is 16.7. The van der Waals surface area contributed by atoms with Crippen molar-refractivity contribution in [2.45, 2.75) is 25.8 Å². The van der Waals surface area contributed by atoms with E-state index in [1.165, 1.54) is 4.90 Å². The number of benzene rings is 3. The summed E-state index contributed by atoms with van der Waals surface area (Å²) in [6.07, 6.45) is 1.98. The molecule has 3 heterocycles. The van der Waals surface area contributed by atoms with E-state index in [-0.39, 0.29) is 18.6 Å². The molecule has 182 valence electrons. The number of carbonyl (C=O) groups is 2. The first-order valence-electron chi connectivity index (χ1n) is 11.8. The lowest BCUT2D eigenvalue weighted by atomic mass is 10.0. The molecule has 0 bridgehead atoms. The Morgan fingerprint density at radius 3 is 2.78 bits per heavy atom. The molecular formula is C27H24N4O5. The number of anilines is 2. The van der Waals surface area contributed by atoms with Crippen LogP contribution in [0.1, 0.15) is 29.0 Å². The van der Waals surface area contributed by atoms with Gasteiger partial charge in [0.05, 0.1) is 0 Å². The zero-order chi connectivity index (χ0) is 24.6. The molecule has 1 aromatic heterocycles. The fourth-order valence-electron chi connectivity index (χ4n) is 4.66. The van der Waals surface area contributed by atoms with Crippen LogP contribution in [0.2, 0.25) is 0 Å². The molecule has 0 atom stereocenters. The van der Waals surface area contributed by atoms with E-state index in [4.69, 9.17) is 19.2 Å². The molecule has 36 heavy (non-hydrogen) atoms. The van der Waals surface area contributed by atoms with Crippen LogP contribution >= 0.6 is 0 Å². The van der Waals surface area contributed by atoms with Crippen LogP contribution < -0.4 is 24.4 Å². The van der Waals surface area contributed by atoms with E-state index in [0.29, 0.717) is 35.1 Å². The Bertz CT molecular complexity index is 1490. The molecule has 3 aromatic carbocycles. The van der Waals surface area contributed by atoms with Gasteiger partial charge >= 0.3 is 6.09 Å². The Kier molecular flexibility index (Phi) is 5.44. The first-order valence-corrected chi connectivity index (χ1v) is 11.8. The third-order valence-corrected chi connectivity index (χ3v) is 6.47. The average molecular weight is 485 g/mol. The zero-order valence-corrected chi connectivity index (χ0v) is 19.7. The number of imidazole rings is 1. The summed E-state index contributed by atoms with van der Waals surface area (Å²) in [5, 5.41) is 4.55. The number of hydrogen-bond donors (Lipinski definition) is 1. The lowest BCUT2D eigenvalue weighted by molar-refractivity contribution is 0.0993. The molecule has 1 N–H and O–H groups in total. The second kappa shape index (κ2) is 8.92. The van der Waals surface area contributed by atoms with Gasteiger partial charge in [-0.15, -0.1) is 0 Å². The average Bonchev–Trinajstić information content (AvgIpc) is 3.52. The molecule has 2 amide bonds. The lowest BCUT2D eigenvalue weighted by Gasteiger charge is -2.19. The summed E-state index contributed by atoms with van der Waals surface area (Å²) >= 11 is 0. The Morgan fingerprint density at radius 1 is 1.03 bits per heavy atom. The molecule has 0 saturated carbocycles. The number of amides is 2. The highest BCUT2D eigenvalue weighted by molar-refractivity contribution is 6.14. The molecule has 2 aliphatic rings. The van der Waals surface area contributed by atoms with Crippen LogP contribution in [0, 0.1) is 0 Å². The number of carbonyl (C=O) groups excluding carboxylic acids is 2. The Balaban J connectivity index is 1.30. The van der Waals surface area contributed by atoms with Crippen LogP contribution in [0.5, 0.6) is 17.4 Å². The summed E-state index contributed by atoms with van der Waals surface area (Å²) in [7, 11) is 1.65. The molecule has 9 heteroatoms. The van der Waals surface area contributed by atoms with Crippen molar-refractivity contribution in [1.82, 2.24) is 9.55 Å². The largest absolute Gasteiger partial charge is 0.454 e. The van der Waals surface area contributed by atoms with E-state index >= 15 is 0 Å². The predicted octanol–water partition coefficient (Wildman–Crippen LogP) is 4.99. The van der Waals surface area contributed by atoms with Crippen molar-refractivity contribution in [2.24, 2.45) is 0 Å². The molecule has 0 radical (unpaired) electrons. The van der Waals surface area contributed by atoms with Crippen LogP contribution in [-0.2, 0) is 13.0 Å². The zero-order valence-electron chi connectivity index (χ0n) is 19.7. The lowest BCUT2D eigenvalue weighted by Crippen LogP contribution is -2.28. The van der Waals surface area contributed by atoms with Crippen LogP contribution in [0.15, 0.2) is 60.7 Å². The number of aromatic nitrogens is 2. The topological polar surface area (TPSA) is 94.9 Å². The Morgan fingerprint density at radius 2 is 1.86 bits per heavy atom. The van der Waals surface area contributed by atoms with Gasteiger partial charge in [0.2, 0.25) is 12.7 Å². The second-order valence-electron chi connectivity index (χ2n) is 8.74. The maximum absolute atomic E-state index is 13.6. The number of fused-ring (bicyclic) bond motifs is 3. The van der Waals surface area contributed by atoms with Gasteiger partial charge in [-0.3, -0.25) is 19.6 Å². The summed E-state index contributed by atoms with van der Waals surface area (Å²) in [5.41, 5.74) is 1.06. The van der Waals surface area contributed by atoms with Crippen LogP contribution in [0.3, 0.4) is 0 Å². The molecule has 6 rings (SSSR count). The molecule has 0 fully saturated rings. The summed E-state index contributed by atoms with van der Waals surface area (Å²) in [5.74, 6) is 2.29. The smallest absolute Gasteiger partial charge is 0.418 e. The van der Waals surface area contributed by atoms with Crippen LogP contribution in [0.25, 0.3) is 10.8 Å². The third-order valence-electron chi connectivity index (χ3n) is 6.47. The molecule has 4 aromatic rings. The van der Waals surface area contributed by atoms with E-state index in [1.54, 1.807) is 31.3 Å². The Labute approximate surface area is 207 Å². The van der Waals surface area contributed by atoms with E-state index < -0.39 is 6.09 Å². The van der Waals surface area contributed by atoms with Gasteiger partial charge in [0, 0.05) is 37.3 Å². The molecule has 9 nitrogen and oxygen atoms in total. The summed E-state index contributed by atoms with van der Waals surface area (Å²) in [6, 6.07) is 18.5. The fraction of sp³-hybridized carbons (Fsp3) is 0.222. The normalized spacial score (nSPS) is 13.8. The second-order valence-corrected chi connectivity index (χ2v) is 8.74.